The van der Waals surface area contributed by atoms with E-state index in [9.17, 15) is 19.5 Å². The van der Waals surface area contributed by atoms with E-state index in [2.05, 4.69) is 15.0 Å². The molecule has 27 heavy (non-hydrogen) atoms. The van der Waals surface area contributed by atoms with Gasteiger partial charge in [0.05, 0.1) is 12.8 Å². The number of para-hydroxylation sites is 2. The molecule has 0 unspecified atom stereocenters. The lowest BCUT2D eigenvalue weighted by molar-refractivity contribution is 0.402. The van der Waals surface area contributed by atoms with Crippen molar-refractivity contribution in [3.05, 3.63) is 72.0 Å². The Kier molecular flexibility index (Phi) is 4.86. The Morgan fingerprint density at radius 2 is 1.93 bits per heavy atom. The first-order chi connectivity index (χ1) is 12.9. The molecule has 4 N–H and O–H groups in total. The number of hydrogen-bond donors (Lipinski definition) is 4. The van der Waals surface area contributed by atoms with Crippen LogP contribution in [0.4, 0.5) is 5.69 Å². The van der Waals surface area contributed by atoms with Crippen LogP contribution in [0.25, 0.3) is 5.69 Å². The third-order valence-electron chi connectivity index (χ3n) is 3.58. The summed E-state index contributed by atoms with van der Waals surface area (Å²) < 4.78 is 6.40. The Balaban J connectivity index is 2.19. The van der Waals surface area contributed by atoms with Crippen LogP contribution in [0.5, 0.6) is 11.6 Å². The maximum atomic E-state index is 12.2. The van der Waals surface area contributed by atoms with Crippen molar-refractivity contribution in [2.75, 3.05) is 7.11 Å². The summed E-state index contributed by atoms with van der Waals surface area (Å²) in [5, 5.41) is 10.6. The van der Waals surface area contributed by atoms with Gasteiger partial charge in [0.15, 0.2) is 4.77 Å². The molecule has 0 aliphatic carbocycles. The zero-order valence-corrected chi connectivity index (χ0v) is 14.7. The van der Waals surface area contributed by atoms with Crippen molar-refractivity contribution >= 4 is 24.1 Å². The zero-order valence-electron chi connectivity index (χ0n) is 13.8. The van der Waals surface area contributed by atoms with Crippen molar-refractivity contribution < 1.29 is 9.84 Å². The Bertz CT molecular complexity index is 1270. The summed E-state index contributed by atoms with van der Waals surface area (Å²) >= 11 is 5.14. The van der Waals surface area contributed by atoms with E-state index in [-0.39, 0.29) is 16.0 Å². The number of nitrogens with one attached hydrogen (secondary N) is 3. The van der Waals surface area contributed by atoms with Gasteiger partial charge in [0, 0.05) is 12.4 Å². The van der Waals surface area contributed by atoms with Gasteiger partial charge in [0.25, 0.3) is 11.1 Å². The molecule has 0 saturated carbocycles. The van der Waals surface area contributed by atoms with Crippen LogP contribution in [0.15, 0.2) is 49.8 Å². The molecule has 11 heteroatoms. The highest BCUT2D eigenvalue weighted by Crippen LogP contribution is 2.26. The molecule has 0 aliphatic heterocycles. The summed E-state index contributed by atoms with van der Waals surface area (Å²) in [7, 11) is 1.45. The third-order valence-corrected chi connectivity index (χ3v) is 3.86. The van der Waals surface area contributed by atoms with E-state index in [0.717, 1.165) is 12.4 Å². The first-order valence-corrected chi connectivity index (χ1v) is 7.91. The SMILES string of the molecule is COc1ccccc1-n1c(O)c(C=Nc2c[nH]c(=O)[nH]c2=O)c(=O)[nH]c1=S. The van der Waals surface area contributed by atoms with E-state index >= 15 is 0 Å². The molecule has 2 aromatic heterocycles. The van der Waals surface area contributed by atoms with E-state index < -0.39 is 22.7 Å². The number of H-pyrrole nitrogens is 3. The fourth-order valence-corrected chi connectivity index (χ4v) is 2.60. The van der Waals surface area contributed by atoms with E-state index in [4.69, 9.17) is 17.0 Å². The lowest BCUT2D eigenvalue weighted by Gasteiger charge is -2.14. The topological polar surface area (TPSA) is 145 Å². The average Bonchev–Trinajstić information content (AvgIpc) is 2.63. The van der Waals surface area contributed by atoms with Gasteiger partial charge in [-0.1, -0.05) is 12.1 Å². The highest BCUT2D eigenvalue weighted by atomic mass is 32.1. The van der Waals surface area contributed by atoms with Crippen LogP contribution >= 0.6 is 12.2 Å². The molecule has 1 aromatic carbocycles. The molecule has 2 heterocycles. The number of ether oxygens (including phenoxy) is 1. The van der Waals surface area contributed by atoms with Gasteiger partial charge in [0.2, 0.25) is 5.88 Å². The van der Waals surface area contributed by atoms with Gasteiger partial charge in [0.1, 0.15) is 17.0 Å². The smallest absolute Gasteiger partial charge is 0.325 e. The predicted octanol–water partition coefficient (Wildman–Crippen LogP) is 0.736. The van der Waals surface area contributed by atoms with Crippen molar-refractivity contribution in [3.63, 3.8) is 0 Å². The number of methoxy groups -OCH3 is 1. The first-order valence-electron chi connectivity index (χ1n) is 7.50. The van der Waals surface area contributed by atoms with Gasteiger partial charge >= 0.3 is 5.69 Å². The van der Waals surface area contributed by atoms with Crippen molar-refractivity contribution in [1.29, 1.82) is 0 Å². The largest absolute Gasteiger partial charge is 0.495 e. The lowest BCUT2D eigenvalue weighted by atomic mass is 10.2. The monoisotopic (exact) mass is 387 g/mol. The van der Waals surface area contributed by atoms with Crippen LogP contribution in [0.1, 0.15) is 5.56 Å². The van der Waals surface area contributed by atoms with Gasteiger partial charge in [-0.25, -0.2) is 9.79 Å². The quantitative estimate of drug-likeness (QED) is 0.384. The van der Waals surface area contributed by atoms with Crippen molar-refractivity contribution in [3.8, 4) is 17.3 Å². The van der Waals surface area contributed by atoms with E-state index in [1.807, 2.05) is 4.98 Å². The van der Waals surface area contributed by atoms with Crippen LogP contribution < -0.4 is 21.5 Å². The fourth-order valence-electron chi connectivity index (χ4n) is 2.33. The van der Waals surface area contributed by atoms with Gasteiger partial charge in [-0.3, -0.25) is 24.1 Å². The normalized spacial score (nSPS) is 11.0. The predicted molar refractivity (Wildman–Crippen MR) is 100 cm³/mol. The van der Waals surface area contributed by atoms with Gasteiger partial charge in [-0.15, -0.1) is 0 Å². The molecule has 0 bridgehead atoms. The summed E-state index contributed by atoms with van der Waals surface area (Å²) in [6.45, 7) is 0. The van der Waals surface area contributed by atoms with Crippen molar-refractivity contribution in [2.45, 2.75) is 0 Å². The Morgan fingerprint density at radius 3 is 2.63 bits per heavy atom. The second-order valence-corrected chi connectivity index (χ2v) is 5.61. The molecule has 0 amide bonds. The highest BCUT2D eigenvalue weighted by Gasteiger charge is 2.15. The van der Waals surface area contributed by atoms with Gasteiger partial charge < -0.3 is 14.8 Å². The zero-order chi connectivity index (χ0) is 19.6. The number of hydrogen-bond acceptors (Lipinski definition) is 7. The van der Waals surface area contributed by atoms with E-state index in [0.29, 0.717) is 11.4 Å². The second-order valence-electron chi connectivity index (χ2n) is 5.22. The maximum Gasteiger partial charge on any atom is 0.325 e. The maximum absolute atomic E-state index is 12.2. The minimum Gasteiger partial charge on any atom is -0.495 e. The third kappa shape index (κ3) is 3.48. The Labute approximate surface area is 155 Å². The minimum absolute atomic E-state index is 0.0546. The number of rotatable bonds is 4. The number of aliphatic imine (C=N–C) groups is 1. The summed E-state index contributed by atoms with van der Waals surface area (Å²) in [4.78, 5) is 45.5. The molecular weight excluding hydrogens is 374 g/mol. The number of aromatic nitrogens is 4. The van der Waals surface area contributed by atoms with Crippen molar-refractivity contribution in [2.24, 2.45) is 4.99 Å². The molecule has 0 radical (unpaired) electrons. The number of nitrogens with zero attached hydrogens (tertiary/aromatic N) is 2. The molecule has 10 nitrogen and oxygen atoms in total. The molecule has 0 fully saturated rings. The standard InChI is InChI=1S/C16H13N5O5S/c1-26-11-5-3-2-4-10(11)21-14(24)8(12(22)20-16(21)27)6-17-9-7-18-15(25)19-13(9)23/h2-7,24H,1H3,(H,20,22,27)(H2,18,19,23,25). The fraction of sp³-hybridized carbons (Fsp3) is 0.0625. The summed E-state index contributed by atoms with van der Waals surface area (Å²) in [6.07, 6.45) is 2.08. The minimum atomic E-state index is -0.747. The molecular formula is C16H13N5O5S. The van der Waals surface area contributed by atoms with E-state index in [1.165, 1.54) is 11.7 Å². The van der Waals surface area contributed by atoms with Crippen LogP contribution in [-0.4, -0.2) is 37.9 Å². The summed E-state index contributed by atoms with van der Waals surface area (Å²) in [5.74, 6) is -0.0752. The highest BCUT2D eigenvalue weighted by molar-refractivity contribution is 7.71. The summed E-state index contributed by atoms with van der Waals surface area (Å²) in [6, 6.07) is 6.74. The number of aromatic hydroxyl groups is 1. The average molecular weight is 387 g/mol. The molecule has 0 saturated heterocycles. The van der Waals surface area contributed by atoms with Crippen LogP contribution in [0.2, 0.25) is 0 Å². The Morgan fingerprint density at radius 1 is 1.19 bits per heavy atom. The Hall–Kier alpha value is -3.73. The molecule has 0 spiro atoms. The molecule has 3 aromatic rings. The molecule has 138 valence electrons. The number of aromatic amines is 3. The molecule has 3 rings (SSSR count). The number of benzene rings is 1. The van der Waals surface area contributed by atoms with E-state index in [1.54, 1.807) is 24.3 Å². The summed E-state index contributed by atoms with van der Waals surface area (Å²) in [5.41, 5.74) is -2.13. The molecule has 0 atom stereocenters. The first kappa shape index (κ1) is 18.1. The second kappa shape index (κ2) is 7.25. The van der Waals surface area contributed by atoms with Crippen molar-refractivity contribution in [1.82, 2.24) is 19.5 Å². The molecule has 0 aliphatic rings. The van der Waals surface area contributed by atoms with Crippen LogP contribution in [-0.2, 0) is 0 Å². The van der Waals surface area contributed by atoms with Crippen LogP contribution in [0, 0.1) is 4.77 Å². The van der Waals surface area contributed by atoms with Gasteiger partial charge in [-0.05, 0) is 24.4 Å². The van der Waals surface area contributed by atoms with Crippen LogP contribution in [0.3, 0.4) is 0 Å². The lowest BCUT2D eigenvalue weighted by Crippen LogP contribution is -2.21. The van der Waals surface area contributed by atoms with Gasteiger partial charge in [-0.2, -0.15) is 0 Å².